The van der Waals surface area contributed by atoms with Gasteiger partial charge in [-0.3, -0.25) is 9.69 Å². The number of hydrogen-bond acceptors (Lipinski definition) is 5. The number of carbonyl (C=O) groups is 1. The second kappa shape index (κ2) is 9.62. The molecule has 30 heavy (non-hydrogen) atoms. The first-order valence-corrected chi connectivity index (χ1v) is 12.1. The maximum atomic E-state index is 13.3. The summed E-state index contributed by atoms with van der Waals surface area (Å²) in [6, 6.07) is 15.3. The Morgan fingerprint density at radius 1 is 1.13 bits per heavy atom. The van der Waals surface area contributed by atoms with E-state index in [0.717, 1.165) is 22.6 Å². The van der Waals surface area contributed by atoms with Crippen molar-refractivity contribution in [3.8, 4) is 5.75 Å². The SMILES string of the molecule is CCN(C(=O)CN(Cc1ccc(OC)cc1)C1CCS(=O)(=O)C1)c1ccccc1C. The number of carbonyl (C=O) groups excluding carboxylic acids is 1. The van der Waals surface area contributed by atoms with Crippen LogP contribution in [-0.4, -0.2) is 57.0 Å². The van der Waals surface area contributed by atoms with Crippen molar-refractivity contribution in [1.82, 2.24) is 4.90 Å². The van der Waals surface area contributed by atoms with Crippen molar-refractivity contribution in [1.29, 1.82) is 0 Å². The lowest BCUT2D eigenvalue weighted by molar-refractivity contribution is -0.120. The van der Waals surface area contributed by atoms with Gasteiger partial charge in [0.1, 0.15) is 5.75 Å². The third-order valence-electron chi connectivity index (χ3n) is 5.63. The maximum Gasteiger partial charge on any atom is 0.241 e. The highest BCUT2D eigenvalue weighted by Crippen LogP contribution is 2.23. The molecule has 1 amide bonds. The van der Waals surface area contributed by atoms with Crippen molar-refractivity contribution >= 4 is 21.4 Å². The molecule has 1 aliphatic heterocycles. The molecular weight excluding hydrogens is 400 g/mol. The molecule has 2 aromatic carbocycles. The number of sulfone groups is 1. The van der Waals surface area contributed by atoms with Crippen molar-refractivity contribution in [3.63, 3.8) is 0 Å². The highest BCUT2D eigenvalue weighted by atomic mass is 32.2. The molecule has 1 fully saturated rings. The van der Waals surface area contributed by atoms with Gasteiger partial charge in [-0.2, -0.15) is 0 Å². The predicted molar refractivity (Wildman–Crippen MR) is 120 cm³/mol. The molecule has 1 heterocycles. The average Bonchev–Trinajstić information content (AvgIpc) is 3.10. The van der Waals surface area contributed by atoms with Gasteiger partial charge in [-0.05, 0) is 49.6 Å². The minimum absolute atomic E-state index is 0.0235. The quantitative estimate of drug-likeness (QED) is 0.644. The summed E-state index contributed by atoms with van der Waals surface area (Å²) in [7, 11) is -1.43. The standard InChI is InChI=1S/C23H30N2O4S/c1-4-25(22-8-6-5-7-18(22)2)23(26)16-24(20-13-14-30(27,28)17-20)15-19-9-11-21(29-3)12-10-19/h5-12,20H,4,13-17H2,1-3H3. The fourth-order valence-electron chi connectivity index (χ4n) is 3.95. The van der Waals surface area contributed by atoms with E-state index in [4.69, 9.17) is 4.74 Å². The lowest BCUT2D eigenvalue weighted by Crippen LogP contribution is -2.45. The number of anilines is 1. The van der Waals surface area contributed by atoms with Gasteiger partial charge in [0.15, 0.2) is 9.84 Å². The van der Waals surface area contributed by atoms with Crippen molar-refractivity contribution in [2.75, 3.05) is 36.6 Å². The summed E-state index contributed by atoms with van der Waals surface area (Å²) in [5.41, 5.74) is 2.96. The Kier molecular flexibility index (Phi) is 7.15. The third-order valence-corrected chi connectivity index (χ3v) is 7.38. The number of para-hydroxylation sites is 1. The van der Waals surface area contributed by atoms with Crippen LogP contribution in [0.2, 0.25) is 0 Å². The summed E-state index contributed by atoms with van der Waals surface area (Å²) in [5.74, 6) is 1.03. The Hall–Kier alpha value is -2.38. The number of amides is 1. The topological polar surface area (TPSA) is 66.9 Å². The first-order chi connectivity index (χ1) is 14.3. The van der Waals surface area contributed by atoms with E-state index in [1.165, 1.54) is 0 Å². The highest BCUT2D eigenvalue weighted by Gasteiger charge is 2.34. The molecule has 6 nitrogen and oxygen atoms in total. The van der Waals surface area contributed by atoms with Crippen LogP contribution in [-0.2, 0) is 21.2 Å². The number of ether oxygens (including phenoxy) is 1. The van der Waals surface area contributed by atoms with Gasteiger partial charge in [-0.1, -0.05) is 30.3 Å². The van der Waals surface area contributed by atoms with E-state index in [1.807, 2.05) is 67.3 Å². The maximum absolute atomic E-state index is 13.3. The molecule has 7 heteroatoms. The second-order valence-electron chi connectivity index (χ2n) is 7.73. The second-order valence-corrected chi connectivity index (χ2v) is 9.96. The van der Waals surface area contributed by atoms with E-state index in [0.29, 0.717) is 19.5 Å². The van der Waals surface area contributed by atoms with Crippen molar-refractivity contribution in [2.45, 2.75) is 32.9 Å². The van der Waals surface area contributed by atoms with E-state index < -0.39 is 9.84 Å². The van der Waals surface area contributed by atoms with Crippen molar-refractivity contribution in [3.05, 3.63) is 59.7 Å². The van der Waals surface area contributed by atoms with Crippen LogP contribution in [0.3, 0.4) is 0 Å². The van der Waals surface area contributed by atoms with Crippen LogP contribution in [0, 0.1) is 6.92 Å². The summed E-state index contributed by atoms with van der Waals surface area (Å²) >= 11 is 0. The van der Waals surface area contributed by atoms with Gasteiger partial charge >= 0.3 is 0 Å². The Bertz CT molecular complexity index is 973. The normalized spacial score (nSPS) is 17.8. The average molecular weight is 431 g/mol. The number of likely N-dealkylation sites (N-methyl/N-ethyl adjacent to an activating group) is 1. The number of methoxy groups -OCH3 is 1. The van der Waals surface area contributed by atoms with Gasteiger partial charge < -0.3 is 9.64 Å². The van der Waals surface area contributed by atoms with Crippen LogP contribution in [0.5, 0.6) is 5.75 Å². The van der Waals surface area contributed by atoms with E-state index in [-0.39, 0.29) is 30.0 Å². The summed E-state index contributed by atoms with van der Waals surface area (Å²) in [4.78, 5) is 17.0. The zero-order valence-corrected chi connectivity index (χ0v) is 18.7. The Balaban J connectivity index is 1.82. The first-order valence-electron chi connectivity index (χ1n) is 10.3. The molecule has 0 aromatic heterocycles. The molecule has 0 spiro atoms. The lowest BCUT2D eigenvalue weighted by atomic mass is 10.1. The Morgan fingerprint density at radius 2 is 1.83 bits per heavy atom. The summed E-state index contributed by atoms with van der Waals surface area (Å²) in [5, 5.41) is 0. The van der Waals surface area contributed by atoms with Gasteiger partial charge in [0, 0.05) is 24.8 Å². The third kappa shape index (κ3) is 5.40. The largest absolute Gasteiger partial charge is 0.497 e. The molecule has 0 aliphatic carbocycles. The zero-order valence-electron chi connectivity index (χ0n) is 17.9. The number of rotatable bonds is 8. The molecule has 2 aromatic rings. The minimum Gasteiger partial charge on any atom is -0.497 e. The minimum atomic E-state index is -3.05. The molecule has 3 rings (SSSR count). The fourth-order valence-corrected chi connectivity index (χ4v) is 5.71. The van der Waals surface area contributed by atoms with Crippen LogP contribution >= 0.6 is 0 Å². The first kappa shape index (κ1) is 22.3. The van der Waals surface area contributed by atoms with E-state index in [9.17, 15) is 13.2 Å². The lowest BCUT2D eigenvalue weighted by Gasteiger charge is -2.31. The monoisotopic (exact) mass is 430 g/mol. The number of aryl methyl sites for hydroxylation is 1. The van der Waals surface area contributed by atoms with E-state index >= 15 is 0 Å². The molecule has 162 valence electrons. The molecule has 0 radical (unpaired) electrons. The zero-order chi connectivity index (χ0) is 21.7. The smallest absolute Gasteiger partial charge is 0.241 e. The summed E-state index contributed by atoms with van der Waals surface area (Å²) in [6.45, 7) is 5.20. The van der Waals surface area contributed by atoms with Crippen LogP contribution < -0.4 is 9.64 Å². The molecule has 0 N–H and O–H groups in total. The van der Waals surface area contributed by atoms with Crippen molar-refractivity contribution in [2.24, 2.45) is 0 Å². The van der Waals surface area contributed by atoms with Gasteiger partial charge in [-0.15, -0.1) is 0 Å². The van der Waals surface area contributed by atoms with Gasteiger partial charge in [0.2, 0.25) is 5.91 Å². The number of hydrogen-bond donors (Lipinski definition) is 0. The number of benzene rings is 2. The molecular formula is C23H30N2O4S. The van der Waals surface area contributed by atoms with E-state index in [1.54, 1.807) is 12.0 Å². The molecule has 0 saturated carbocycles. The van der Waals surface area contributed by atoms with Crippen LogP contribution in [0.25, 0.3) is 0 Å². The van der Waals surface area contributed by atoms with Gasteiger partial charge in [0.25, 0.3) is 0 Å². The van der Waals surface area contributed by atoms with Crippen LogP contribution in [0.15, 0.2) is 48.5 Å². The summed E-state index contributed by atoms with van der Waals surface area (Å²) < 4.78 is 29.4. The molecule has 1 unspecified atom stereocenters. The molecule has 1 atom stereocenters. The van der Waals surface area contributed by atoms with Gasteiger partial charge in [0.05, 0.1) is 25.2 Å². The van der Waals surface area contributed by atoms with Crippen LogP contribution in [0.1, 0.15) is 24.5 Å². The highest BCUT2D eigenvalue weighted by molar-refractivity contribution is 7.91. The molecule has 0 bridgehead atoms. The summed E-state index contributed by atoms with van der Waals surface area (Å²) in [6.07, 6.45) is 0.558. The molecule has 1 aliphatic rings. The Morgan fingerprint density at radius 3 is 2.40 bits per heavy atom. The van der Waals surface area contributed by atoms with Gasteiger partial charge in [-0.25, -0.2) is 8.42 Å². The van der Waals surface area contributed by atoms with Crippen molar-refractivity contribution < 1.29 is 17.9 Å². The fraction of sp³-hybridized carbons (Fsp3) is 0.435. The molecule has 1 saturated heterocycles. The van der Waals surface area contributed by atoms with E-state index in [2.05, 4.69) is 0 Å². The number of nitrogens with zero attached hydrogens (tertiary/aromatic N) is 2. The van der Waals surface area contributed by atoms with Crippen LogP contribution in [0.4, 0.5) is 5.69 Å². The Labute approximate surface area is 179 Å². The predicted octanol–water partition coefficient (Wildman–Crippen LogP) is 3.05.